The molecule has 1 aromatic rings. The standard InChI is InChI=1S/C14H29B6N3OS/c1-3-6-12(15,16)13(17,18)14(19,20)24-11-10(21-25-22-11)9-5-4-7-23(2)8-9/h5H,3-4,6-8,15-20H2,1-2H3. The first-order chi connectivity index (χ1) is 11.5. The van der Waals surface area contributed by atoms with E-state index in [1.807, 2.05) is 0 Å². The summed E-state index contributed by atoms with van der Waals surface area (Å²) in [6.07, 6.45) is 5.68. The number of nitrogens with zero attached hydrogens (tertiary/aromatic N) is 3. The SMILES string of the molecule is BC(B)(CCC)C(B)(B)C(B)(B)Oc1nsnc1C1=CCCN(C)C1. The van der Waals surface area contributed by atoms with E-state index in [-0.39, 0.29) is 15.8 Å². The van der Waals surface area contributed by atoms with Gasteiger partial charge in [-0.15, -0.1) is 4.37 Å². The van der Waals surface area contributed by atoms with Crippen LogP contribution >= 0.6 is 11.7 Å². The van der Waals surface area contributed by atoms with E-state index in [1.54, 1.807) is 0 Å². The Labute approximate surface area is 162 Å². The summed E-state index contributed by atoms with van der Waals surface area (Å²) >= 11 is 1.25. The Hall–Kier alpha value is -0.550. The van der Waals surface area contributed by atoms with E-state index >= 15 is 0 Å². The topological polar surface area (TPSA) is 38.3 Å². The molecule has 11 heteroatoms. The molecule has 1 aliphatic heterocycles. The Balaban J connectivity index is 2.27. The van der Waals surface area contributed by atoms with Crippen molar-refractivity contribution in [2.24, 2.45) is 0 Å². The zero-order chi connectivity index (χ0) is 18.9. The number of ether oxygens (including phenoxy) is 1. The van der Waals surface area contributed by atoms with Crippen LogP contribution in [0.3, 0.4) is 0 Å². The predicted molar refractivity (Wildman–Crippen MR) is 125 cm³/mol. The molecule has 0 saturated heterocycles. The van der Waals surface area contributed by atoms with E-state index < -0.39 is 0 Å². The minimum atomic E-state index is -0.350. The fourth-order valence-electron chi connectivity index (χ4n) is 3.63. The Morgan fingerprint density at radius 1 is 1.20 bits per heavy atom. The lowest BCUT2D eigenvalue weighted by molar-refractivity contribution is 0.196. The molecule has 1 aliphatic rings. The average Bonchev–Trinajstić information content (AvgIpc) is 2.94. The van der Waals surface area contributed by atoms with Crippen LogP contribution in [-0.2, 0) is 0 Å². The molecule has 2 rings (SSSR count). The van der Waals surface area contributed by atoms with Gasteiger partial charge in [0.1, 0.15) is 37.1 Å². The maximum absolute atomic E-state index is 6.54. The van der Waals surface area contributed by atoms with Crippen LogP contribution in [0.25, 0.3) is 5.57 Å². The van der Waals surface area contributed by atoms with Crippen LogP contribution in [0.4, 0.5) is 0 Å². The highest BCUT2D eigenvalue weighted by atomic mass is 32.1. The normalized spacial score (nSPS) is 17.3. The molecule has 130 valence electrons. The Kier molecular flexibility index (Phi) is 6.31. The fraction of sp³-hybridized carbons (Fsp3) is 0.714. The molecule has 0 saturated carbocycles. The average molecular weight is 352 g/mol. The minimum absolute atomic E-state index is 0.0192. The third kappa shape index (κ3) is 4.24. The molecule has 2 heterocycles. The summed E-state index contributed by atoms with van der Waals surface area (Å²) in [5.41, 5.74) is 2.16. The van der Waals surface area contributed by atoms with Crippen LogP contribution in [0.1, 0.15) is 31.9 Å². The summed E-state index contributed by atoms with van der Waals surface area (Å²) in [7, 11) is 15.9. The van der Waals surface area contributed by atoms with E-state index in [1.165, 1.54) is 30.1 Å². The second-order valence-electron chi connectivity index (χ2n) is 9.05. The highest BCUT2D eigenvalue weighted by molar-refractivity contribution is 6.99. The molecular weight excluding hydrogens is 323 g/mol. The van der Waals surface area contributed by atoms with Crippen molar-refractivity contribution in [3.05, 3.63) is 11.8 Å². The maximum Gasteiger partial charge on any atom is 0.252 e. The van der Waals surface area contributed by atoms with Crippen LogP contribution < -0.4 is 4.74 Å². The van der Waals surface area contributed by atoms with Crippen LogP contribution in [0.2, 0.25) is 10.4 Å². The highest BCUT2D eigenvalue weighted by Crippen LogP contribution is 2.52. The van der Waals surface area contributed by atoms with Crippen molar-refractivity contribution in [3.8, 4) is 5.88 Å². The number of rotatable bonds is 7. The predicted octanol–water partition coefficient (Wildman–Crippen LogP) is -2.88. The molecule has 0 amide bonds. The fourth-order valence-corrected chi connectivity index (χ4v) is 4.15. The summed E-state index contributed by atoms with van der Waals surface area (Å²) in [4.78, 5) is 2.32. The summed E-state index contributed by atoms with van der Waals surface area (Å²) in [5.74, 6) is 0.692. The largest absolute Gasteiger partial charge is 0.489 e. The Morgan fingerprint density at radius 2 is 1.88 bits per heavy atom. The van der Waals surface area contributed by atoms with Crippen molar-refractivity contribution < 1.29 is 4.74 Å². The van der Waals surface area contributed by atoms with Gasteiger partial charge in [-0.3, -0.25) is 0 Å². The van der Waals surface area contributed by atoms with Gasteiger partial charge in [0.15, 0.2) is 0 Å². The highest BCUT2D eigenvalue weighted by Gasteiger charge is 2.48. The zero-order valence-electron chi connectivity index (χ0n) is 17.3. The van der Waals surface area contributed by atoms with Crippen molar-refractivity contribution in [1.82, 2.24) is 13.6 Å². The van der Waals surface area contributed by atoms with E-state index in [2.05, 4.69) is 80.8 Å². The quantitative estimate of drug-likeness (QED) is 0.495. The molecule has 0 atom stereocenters. The van der Waals surface area contributed by atoms with E-state index in [4.69, 9.17) is 4.74 Å². The molecule has 0 radical (unpaired) electrons. The first-order valence-electron chi connectivity index (χ1n) is 9.41. The molecular formula is C14H29B6N3OS. The van der Waals surface area contributed by atoms with Crippen LogP contribution in [0, 0.1) is 0 Å². The van der Waals surface area contributed by atoms with Crippen LogP contribution in [-0.4, -0.2) is 86.3 Å². The lowest BCUT2D eigenvalue weighted by atomic mass is 9.20. The molecule has 4 nitrogen and oxygen atoms in total. The number of likely N-dealkylation sites (N-methyl/N-ethyl adjacent to an activating group) is 1. The van der Waals surface area contributed by atoms with Crippen molar-refractivity contribution in [2.75, 3.05) is 20.1 Å². The summed E-state index contributed by atoms with van der Waals surface area (Å²) in [5, 5.41) is -0.203. The van der Waals surface area contributed by atoms with Crippen LogP contribution in [0.15, 0.2) is 6.08 Å². The van der Waals surface area contributed by atoms with Gasteiger partial charge in [-0.2, -0.15) is 4.37 Å². The number of hydrogen-bond acceptors (Lipinski definition) is 5. The second-order valence-corrected chi connectivity index (χ2v) is 9.57. The van der Waals surface area contributed by atoms with Crippen molar-refractivity contribution in [1.29, 1.82) is 0 Å². The number of aromatic nitrogens is 2. The molecule has 0 unspecified atom stereocenters. The van der Waals surface area contributed by atoms with Crippen molar-refractivity contribution in [3.63, 3.8) is 0 Å². The second kappa shape index (κ2) is 7.59. The lowest BCUT2D eigenvalue weighted by Crippen LogP contribution is -2.56. The monoisotopic (exact) mass is 353 g/mol. The minimum Gasteiger partial charge on any atom is -0.489 e. The Bertz CT molecular complexity index is 634. The Morgan fingerprint density at radius 3 is 2.48 bits per heavy atom. The first-order valence-corrected chi connectivity index (χ1v) is 10.1. The summed E-state index contributed by atoms with van der Waals surface area (Å²) in [6.45, 7) is 4.26. The zero-order valence-corrected chi connectivity index (χ0v) is 18.1. The smallest absolute Gasteiger partial charge is 0.252 e. The third-order valence-corrected chi connectivity index (χ3v) is 7.04. The van der Waals surface area contributed by atoms with Gasteiger partial charge in [0.05, 0.1) is 27.4 Å². The van der Waals surface area contributed by atoms with Crippen LogP contribution in [0.5, 0.6) is 5.88 Å². The summed E-state index contributed by atoms with van der Waals surface area (Å²) < 4.78 is 15.6. The lowest BCUT2D eigenvalue weighted by Gasteiger charge is -2.53. The molecule has 0 aliphatic carbocycles. The molecule has 0 fully saturated rings. The van der Waals surface area contributed by atoms with Crippen molar-refractivity contribution in [2.45, 2.75) is 42.0 Å². The number of hydrogen-bond donors (Lipinski definition) is 0. The van der Waals surface area contributed by atoms with E-state index in [0.717, 1.165) is 25.2 Å². The summed E-state index contributed by atoms with van der Waals surface area (Å²) in [6, 6.07) is 0. The van der Waals surface area contributed by atoms with E-state index in [9.17, 15) is 0 Å². The van der Waals surface area contributed by atoms with Gasteiger partial charge in [0, 0.05) is 18.5 Å². The maximum atomic E-state index is 6.54. The van der Waals surface area contributed by atoms with E-state index in [0.29, 0.717) is 5.88 Å². The van der Waals surface area contributed by atoms with Gasteiger partial charge >= 0.3 is 0 Å². The molecule has 1 aromatic heterocycles. The van der Waals surface area contributed by atoms with Gasteiger partial charge in [-0.25, -0.2) is 0 Å². The van der Waals surface area contributed by atoms with Gasteiger partial charge in [0.2, 0.25) is 0 Å². The molecule has 25 heavy (non-hydrogen) atoms. The molecule has 0 spiro atoms. The first kappa shape index (κ1) is 20.8. The van der Waals surface area contributed by atoms with Gasteiger partial charge in [0.25, 0.3) is 5.88 Å². The molecule has 0 aromatic carbocycles. The van der Waals surface area contributed by atoms with Gasteiger partial charge < -0.3 is 9.64 Å². The molecule has 0 bridgehead atoms. The third-order valence-electron chi connectivity index (χ3n) is 6.53. The van der Waals surface area contributed by atoms with Gasteiger partial charge in [-0.05, 0) is 19.0 Å². The van der Waals surface area contributed by atoms with Gasteiger partial charge in [-0.1, -0.05) is 36.3 Å². The van der Waals surface area contributed by atoms with Crippen molar-refractivity contribution >= 4 is 64.4 Å². The molecule has 0 N–H and O–H groups in total.